The van der Waals surface area contributed by atoms with E-state index in [1.807, 2.05) is 0 Å². The molecule has 0 fully saturated rings. The molecular formula is C9H12. The summed E-state index contributed by atoms with van der Waals surface area (Å²) in [5.41, 5.74) is 2.83. The second kappa shape index (κ2) is 3.32. The van der Waals surface area contributed by atoms with Gasteiger partial charge in [-0.15, -0.1) is 5.73 Å². The first-order valence-corrected chi connectivity index (χ1v) is 3.44. The minimum atomic E-state index is 0.715. The lowest BCUT2D eigenvalue weighted by Gasteiger charge is -2.10. The molecule has 1 aliphatic carbocycles. The predicted molar refractivity (Wildman–Crippen MR) is 40.2 cm³/mol. The molecule has 1 atom stereocenters. The second-order valence-corrected chi connectivity index (χ2v) is 2.42. The first-order chi connectivity index (χ1) is 4.43. The van der Waals surface area contributed by atoms with Crippen molar-refractivity contribution in [3.05, 3.63) is 30.5 Å². The van der Waals surface area contributed by atoms with Crippen molar-refractivity contribution in [2.45, 2.75) is 19.3 Å². The molecule has 1 aliphatic rings. The summed E-state index contributed by atoms with van der Waals surface area (Å²) in [6.07, 6.45) is 10.2. The van der Waals surface area contributed by atoms with Crippen LogP contribution in [0.1, 0.15) is 19.3 Å². The van der Waals surface area contributed by atoms with Gasteiger partial charge in [-0.25, -0.2) is 0 Å². The second-order valence-electron chi connectivity index (χ2n) is 2.42. The summed E-state index contributed by atoms with van der Waals surface area (Å²) in [6.45, 7) is 3.55. The highest BCUT2D eigenvalue weighted by Gasteiger charge is 2.03. The summed E-state index contributed by atoms with van der Waals surface area (Å²) in [5, 5.41) is 0. The maximum Gasteiger partial charge on any atom is -0.0120 e. The first kappa shape index (κ1) is 6.38. The zero-order valence-corrected chi connectivity index (χ0v) is 5.64. The van der Waals surface area contributed by atoms with E-state index >= 15 is 0 Å². The maximum atomic E-state index is 3.55. The third-order valence-corrected chi connectivity index (χ3v) is 1.66. The standard InChI is InChI=1S/C9H12/c1-2-6-9-7-4-3-5-8-9/h3-4,6,9H,1,5,7-8H2. The van der Waals surface area contributed by atoms with Crippen molar-refractivity contribution >= 4 is 0 Å². The number of allylic oxidation sites excluding steroid dienone is 3. The van der Waals surface area contributed by atoms with Crippen LogP contribution in [0.5, 0.6) is 0 Å². The highest BCUT2D eigenvalue weighted by molar-refractivity contribution is 4.97. The molecule has 0 saturated carbocycles. The van der Waals surface area contributed by atoms with Crippen molar-refractivity contribution < 1.29 is 0 Å². The normalized spacial score (nSPS) is 25.1. The predicted octanol–water partition coefficient (Wildman–Crippen LogP) is 2.68. The largest absolute Gasteiger partial charge is 0.133 e. The zero-order chi connectivity index (χ0) is 6.53. The molecule has 48 valence electrons. The molecule has 0 saturated heterocycles. The molecule has 0 nitrogen and oxygen atoms in total. The topological polar surface area (TPSA) is 0 Å². The molecule has 1 rings (SSSR count). The van der Waals surface area contributed by atoms with Crippen molar-refractivity contribution in [3.8, 4) is 0 Å². The summed E-state index contributed by atoms with van der Waals surface area (Å²) >= 11 is 0. The van der Waals surface area contributed by atoms with E-state index in [4.69, 9.17) is 0 Å². The molecule has 1 unspecified atom stereocenters. The van der Waals surface area contributed by atoms with Gasteiger partial charge in [0, 0.05) is 0 Å². The van der Waals surface area contributed by atoms with Crippen LogP contribution >= 0.6 is 0 Å². The third-order valence-electron chi connectivity index (χ3n) is 1.66. The zero-order valence-electron chi connectivity index (χ0n) is 5.64. The fourth-order valence-electron chi connectivity index (χ4n) is 1.14. The van der Waals surface area contributed by atoms with Crippen LogP contribution in [0.2, 0.25) is 0 Å². The maximum absolute atomic E-state index is 3.55. The Morgan fingerprint density at radius 2 is 2.44 bits per heavy atom. The van der Waals surface area contributed by atoms with Gasteiger partial charge in [-0.3, -0.25) is 0 Å². The van der Waals surface area contributed by atoms with Gasteiger partial charge in [-0.2, -0.15) is 0 Å². The molecule has 0 radical (unpaired) electrons. The lowest BCUT2D eigenvalue weighted by atomic mass is 9.95. The van der Waals surface area contributed by atoms with Crippen molar-refractivity contribution in [3.63, 3.8) is 0 Å². The molecule has 0 heteroatoms. The van der Waals surface area contributed by atoms with Crippen molar-refractivity contribution in [1.82, 2.24) is 0 Å². The van der Waals surface area contributed by atoms with Crippen LogP contribution in [-0.2, 0) is 0 Å². The Balaban J connectivity index is 2.43. The Labute approximate surface area is 56.6 Å². The average molecular weight is 120 g/mol. The number of rotatable bonds is 1. The quantitative estimate of drug-likeness (QED) is 0.368. The van der Waals surface area contributed by atoms with E-state index < -0.39 is 0 Å². The number of hydrogen-bond donors (Lipinski definition) is 0. The number of hydrogen-bond acceptors (Lipinski definition) is 0. The highest BCUT2D eigenvalue weighted by Crippen LogP contribution is 2.18. The van der Waals surface area contributed by atoms with Crippen LogP contribution in [0.15, 0.2) is 30.5 Å². The van der Waals surface area contributed by atoms with Gasteiger partial charge >= 0.3 is 0 Å². The molecule has 0 aromatic rings. The van der Waals surface area contributed by atoms with Crippen LogP contribution in [0, 0.1) is 5.92 Å². The Hall–Kier alpha value is -0.740. The van der Waals surface area contributed by atoms with Crippen LogP contribution in [0.25, 0.3) is 0 Å². The molecule has 0 aromatic heterocycles. The van der Waals surface area contributed by atoms with E-state index in [0.29, 0.717) is 5.92 Å². The van der Waals surface area contributed by atoms with Crippen LogP contribution in [-0.4, -0.2) is 0 Å². The molecule has 0 aliphatic heterocycles. The van der Waals surface area contributed by atoms with Crippen molar-refractivity contribution in [2.24, 2.45) is 5.92 Å². The fraction of sp³-hybridized carbons (Fsp3) is 0.444. The van der Waals surface area contributed by atoms with Crippen molar-refractivity contribution in [1.29, 1.82) is 0 Å². The van der Waals surface area contributed by atoms with E-state index in [1.165, 1.54) is 19.3 Å². The van der Waals surface area contributed by atoms with Crippen LogP contribution in [0.3, 0.4) is 0 Å². The Morgan fingerprint density at radius 3 is 3.00 bits per heavy atom. The van der Waals surface area contributed by atoms with Gasteiger partial charge in [0.25, 0.3) is 0 Å². The van der Waals surface area contributed by atoms with Crippen LogP contribution < -0.4 is 0 Å². The SMILES string of the molecule is C=C=CC1CC=CCC1. The monoisotopic (exact) mass is 120 g/mol. The molecule has 0 N–H and O–H groups in total. The molecule has 0 heterocycles. The molecular weight excluding hydrogens is 108 g/mol. The smallest absolute Gasteiger partial charge is 0.0120 e. The van der Waals surface area contributed by atoms with Gasteiger partial charge in [-0.1, -0.05) is 18.7 Å². The van der Waals surface area contributed by atoms with Gasteiger partial charge in [0.1, 0.15) is 0 Å². The van der Waals surface area contributed by atoms with Gasteiger partial charge < -0.3 is 0 Å². The Kier molecular flexibility index (Phi) is 2.35. The van der Waals surface area contributed by atoms with E-state index in [2.05, 4.69) is 30.5 Å². The minimum absolute atomic E-state index is 0.715. The summed E-state index contributed by atoms with van der Waals surface area (Å²) in [6, 6.07) is 0. The lowest BCUT2D eigenvalue weighted by molar-refractivity contribution is 0.584. The minimum Gasteiger partial charge on any atom is -0.133 e. The molecule has 0 amide bonds. The van der Waals surface area contributed by atoms with Crippen molar-refractivity contribution in [2.75, 3.05) is 0 Å². The van der Waals surface area contributed by atoms with Gasteiger partial charge in [-0.05, 0) is 31.3 Å². The Morgan fingerprint density at radius 1 is 1.56 bits per heavy atom. The molecule has 0 spiro atoms. The molecule has 0 bridgehead atoms. The lowest BCUT2D eigenvalue weighted by Crippen LogP contribution is -1.96. The van der Waals surface area contributed by atoms with Gasteiger partial charge in [0.2, 0.25) is 0 Å². The third kappa shape index (κ3) is 1.91. The fourth-order valence-corrected chi connectivity index (χ4v) is 1.14. The summed E-state index contributed by atoms with van der Waals surface area (Å²) in [7, 11) is 0. The highest BCUT2D eigenvalue weighted by atomic mass is 14.1. The Bertz CT molecular complexity index is 147. The van der Waals surface area contributed by atoms with Crippen LogP contribution in [0.4, 0.5) is 0 Å². The van der Waals surface area contributed by atoms with Gasteiger partial charge in [0.15, 0.2) is 0 Å². The van der Waals surface area contributed by atoms with Gasteiger partial charge in [0.05, 0.1) is 0 Å². The first-order valence-electron chi connectivity index (χ1n) is 3.44. The summed E-state index contributed by atoms with van der Waals surface area (Å²) in [4.78, 5) is 0. The van der Waals surface area contributed by atoms with E-state index in [9.17, 15) is 0 Å². The van der Waals surface area contributed by atoms with E-state index in [0.717, 1.165) is 0 Å². The molecule has 0 aromatic carbocycles. The average Bonchev–Trinajstić information content (AvgIpc) is 1.91. The molecule has 9 heavy (non-hydrogen) atoms. The summed E-state index contributed by atoms with van der Waals surface area (Å²) < 4.78 is 0. The van der Waals surface area contributed by atoms with E-state index in [-0.39, 0.29) is 0 Å². The summed E-state index contributed by atoms with van der Waals surface area (Å²) in [5.74, 6) is 0.715. The van der Waals surface area contributed by atoms with E-state index in [1.54, 1.807) is 0 Å².